The minimum atomic E-state index is -1.05. The summed E-state index contributed by atoms with van der Waals surface area (Å²) in [7, 11) is 1.43. The number of aryl methyl sites for hydroxylation is 1. The third-order valence-electron chi connectivity index (χ3n) is 1.09. The van der Waals surface area contributed by atoms with Gasteiger partial charge in [0.25, 0.3) is 0 Å². The third kappa shape index (κ3) is 1.48. The monoisotopic (exact) mass is 173 g/mol. The van der Waals surface area contributed by atoms with Crippen molar-refractivity contribution in [3.8, 4) is 5.06 Å². The standard InChI is InChI=1S/C6H7NO3S/c1-3-7-4(5(8)9)6(10-2)11-3/h1-2H3,(H,8,9). The van der Waals surface area contributed by atoms with Crippen LogP contribution in [0.15, 0.2) is 0 Å². The number of carbonyl (C=O) groups is 1. The number of carboxylic acids is 1. The number of hydrogen-bond donors (Lipinski definition) is 1. The fourth-order valence-electron chi connectivity index (χ4n) is 0.682. The number of methoxy groups -OCH3 is 1. The lowest BCUT2D eigenvalue weighted by Crippen LogP contribution is -1.98. The van der Waals surface area contributed by atoms with E-state index in [0.717, 1.165) is 0 Å². The van der Waals surface area contributed by atoms with Crippen LogP contribution in [0.4, 0.5) is 0 Å². The maximum atomic E-state index is 10.5. The van der Waals surface area contributed by atoms with Crippen LogP contribution in [-0.2, 0) is 0 Å². The van der Waals surface area contributed by atoms with E-state index in [4.69, 9.17) is 9.84 Å². The molecule has 5 heteroatoms. The Hall–Kier alpha value is -1.10. The van der Waals surface area contributed by atoms with Crippen molar-refractivity contribution >= 4 is 17.3 Å². The number of hydrogen-bond acceptors (Lipinski definition) is 4. The average molecular weight is 173 g/mol. The van der Waals surface area contributed by atoms with Gasteiger partial charge in [0.2, 0.25) is 10.8 Å². The number of nitrogens with zero attached hydrogens (tertiary/aromatic N) is 1. The molecule has 0 aromatic carbocycles. The van der Waals surface area contributed by atoms with Crippen molar-refractivity contribution in [1.82, 2.24) is 4.98 Å². The topological polar surface area (TPSA) is 59.4 Å². The Morgan fingerprint density at radius 3 is 2.73 bits per heavy atom. The summed E-state index contributed by atoms with van der Waals surface area (Å²) in [6.07, 6.45) is 0. The zero-order chi connectivity index (χ0) is 8.43. The molecule has 4 nitrogen and oxygen atoms in total. The van der Waals surface area contributed by atoms with Crippen molar-refractivity contribution in [3.05, 3.63) is 10.7 Å². The lowest BCUT2D eigenvalue weighted by molar-refractivity contribution is 0.0688. The van der Waals surface area contributed by atoms with E-state index in [1.54, 1.807) is 6.92 Å². The van der Waals surface area contributed by atoms with E-state index in [0.29, 0.717) is 10.1 Å². The van der Waals surface area contributed by atoms with Crippen molar-refractivity contribution in [2.45, 2.75) is 6.92 Å². The summed E-state index contributed by atoms with van der Waals surface area (Å²) < 4.78 is 4.80. The van der Waals surface area contributed by atoms with E-state index in [2.05, 4.69) is 4.98 Å². The number of rotatable bonds is 2. The molecule has 1 aromatic rings. The van der Waals surface area contributed by atoms with Gasteiger partial charge in [-0.15, -0.1) is 0 Å². The first-order valence-electron chi connectivity index (χ1n) is 2.90. The summed E-state index contributed by atoms with van der Waals surface area (Å²) in [6.45, 7) is 1.74. The predicted molar refractivity (Wildman–Crippen MR) is 40.4 cm³/mol. The van der Waals surface area contributed by atoms with E-state index in [1.165, 1.54) is 18.4 Å². The molecule has 0 amide bonds. The molecule has 0 spiro atoms. The van der Waals surface area contributed by atoms with Crippen LogP contribution in [0, 0.1) is 6.92 Å². The van der Waals surface area contributed by atoms with Crippen molar-refractivity contribution in [2.75, 3.05) is 7.11 Å². The molecule has 0 aliphatic rings. The highest BCUT2D eigenvalue weighted by Gasteiger charge is 2.15. The SMILES string of the molecule is COc1sc(C)nc1C(=O)O. The zero-order valence-electron chi connectivity index (χ0n) is 6.12. The predicted octanol–water partition coefficient (Wildman–Crippen LogP) is 1.16. The van der Waals surface area contributed by atoms with Crippen LogP contribution in [0.2, 0.25) is 0 Å². The quantitative estimate of drug-likeness (QED) is 0.729. The van der Waals surface area contributed by atoms with E-state index in [1.807, 2.05) is 0 Å². The second-order valence-electron chi connectivity index (χ2n) is 1.88. The van der Waals surface area contributed by atoms with Crippen molar-refractivity contribution in [1.29, 1.82) is 0 Å². The molecule has 0 saturated heterocycles. The normalized spacial score (nSPS) is 9.64. The van der Waals surface area contributed by atoms with Gasteiger partial charge in [-0.25, -0.2) is 9.78 Å². The molecule has 0 saturated carbocycles. The highest BCUT2D eigenvalue weighted by atomic mass is 32.1. The van der Waals surface area contributed by atoms with Gasteiger partial charge in [0.05, 0.1) is 12.1 Å². The molecule has 1 aromatic heterocycles. The maximum absolute atomic E-state index is 10.5. The zero-order valence-corrected chi connectivity index (χ0v) is 6.94. The second-order valence-corrected chi connectivity index (χ2v) is 3.04. The van der Waals surface area contributed by atoms with E-state index in [-0.39, 0.29) is 5.69 Å². The number of carboxylic acid groups (broad SMARTS) is 1. The number of thiazole rings is 1. The highest BCUT2D eigenvalue weighted by Crippen LogP contribution is 2.25. The molecule has 0 aliphatic carbocycles. The molecule has 0 aliphatic heterocycles. The fourth-order valence-corrected chi connectivity index (χ4v) is 1.40. The molecule has 1 heterocycles. The van der Waals surface area contributed by atoms with E-state index in [9.17, 15) is 4.79 Å². The fraction of sp³-hybridized carbons (Fsp3) is 0.333. The van der Waals surface area contributed by atoms with Crippen molar-refractivity contribution in [2.24, 2.45) is 0 Å². The molecule has 1 N–H and O–H groups in total. The maximum Gasteiger partial charge on any atom is 0.359 e. The molecule has 60 valence electrons. The Labute approximate surface area is 67.5 Å². The first-order chi connectivity index (χ1) is 5.15. The Balaban J connectivity index is 3.12. The van der Waals surface area contributed by atoms with Crippen LogP contribution in [-0.4, -0.2) is 23.2 Å². The first kappa shape index (κ1) is 8.00. The van der Waals surface area contributed by atoms with Gasteiger partial charge in [0, 0.05) is 0 Å². The van der Waals surface area contributed by atoms with Crippen molar-refractivity contribution < 1.29 is 14.6 Å². The van der Waals surface area contributed by atoms with Crippen LogP contribution in [0.3, 0.4) is 0 Å². The molecule has 11 heavy (non-hydrogen) atoms. The van der Waals surface area contributed by atoms with Crippen LogP contribution in [0.1, 0.15) is 15.5 Å². The summed E-state index contributed by atoms with van der Waals surface area (Å²) in [4.78, 5) is 14.2. The molecular weight excluding hydrogens is 166 g/mol. The van der Waals surface area contributed by atoms with Gasteiger partial charge in [-0.2, -0.15) is 0 Å². The minimum Gasteiger partial charge on any atom is -0.485 e. The lowest BCUT2D eigenvalue weighted by atomic mass is 10.5. The summed E-state index contributed by atoms with van der Waals surface area (Å²) in [5.41, 5.74) is -0.00463. The van der Waals surface area contributed by atoms with Crippen molar-refractivity contribution in [3.63, 3.8) is 0 Å². The summed E-state index contributed by atoms with van der Waals surface area (Å²) >= 11 is 1.23. The van der Waals surface area contributed by atoms with Gasteiger partial charge in [-0.3, -0.25) is 0 Å². The Bertz CT molecular complexity index is 281. The first-order valence-corrected chi connectivity index (χ1v) is 3.71. The lowest BCUT2D eigenvalue weighted by Gasteiger charge is -1.92. The summed E-state index contributed by atoms with van der Waals surface area (Å²) in [6, 6.07) is 0. The Kier molecular flexibility index (Phi) is 2.09. The van der Waals surface area contributed by atoms with Gasteiger partial charge in [0.15, 0.2) is 0 Å². The van der Waals surface area contributed by atoms with Crippen LogP contribution in [0.25, 0.3) is 0 Å². The summed E-state index contributed by atoms with van der Waals surface area (Å²) in [5.74, 6) is -1.05. The molecule has 1 rings (SSSR count). The largest absolute Gasteiger partial charge is 0.485 e. The van der Waals surface area contributed by atoms with E-state index < -0.39 is 5.97 Å². The van der Waals surface area contributed by atoms with Crippen LogP contribution < -0.4 is 4.74 Å². The molecule has 0 unspecified atom stereocenters. The smallest absolute Gasteiger partial charge is 0.359 e. The van der Waals surface area contributed by atoms with Crippen LogP contribution in [0.5, 0.6) is 5.06 Å². The molecule has 0 radical (unpaired) electrons. The molecular formula is C6H7NO3S. The third-order valence-corrected chi connectivity index (χ3v) is 2.02. The van der Waals surface area contributed by atoms with Crippen LogP contribution >= 0.6 is 11.3 Å². The average Bonchev–Trinajstić information content (AvgIpc) is 2.30. The number of aromatic nitrogens is 1. The van der Waals surface area contributed by atoms with Gasteiger partial charge in [-0.1, -0.05) is 11.3 Å². The highest BCUT2D eigenvalue weighted by molar-refractivity contribution is 7.13. The van der Waals surface area contributed by atoms with E-state index >= 15 is 0 Å². The molecule has 0 atom stereocenters. The van der Waals surface area contributed by atoms with Gasteiger partial charge in [0.1, 0.15) is 0 Å². The van der Waals surface area contributed by atoms with Gasteiger partial charge >= 0.3 is 5.97 Å². The summed E-state index contributed by atoms with van der Waals surface area (Å²) in [5, 5.41) is 9.62. The Morgan fingerprint density at radius 2 is 2.36 bits per heavy atom. The van der Waals surface area contributed by atoms with Gasteiger partial charge in [-0.05, 0) is 6.92 Å². The second kappa shape index (κ2) is 2.87. The Morgan fingerprint density at radius 1 is 1.73 bits per heavy atom. The minimum absolute atomic E-state index is 0.00463. The number of ether oxygens (including phenoxy) is 1. The number of aromatic carboxylic acids is 1. The molecule has 0 fully saturated rings. The van der Waals surface area contributed by atoms with Gasteiger partial charge < -0.3 is 9.84 Å². The molecule has 0 bridgehead atoms.